The average molecular weight is 359 g/mol. The molecule has 2 heterocycles. The fraction of sp³-hybridized carbons (Fsp3) is 0.474. The van der Waals surface area contributed by atoms with Gasteiger partial charge in [-0.3, -0.25) is 9.69 Å². The van der Waals surface area contributed by atoms with Crippen LogP contribution in [0.25, 0.3) is 0 Å². The van der Waals surface area contributed by atoms with E-state index in [0.717, 1.165) is 36.0 Å². The lowest BCUT2D eigenvalue weighted by Crippen LogP contribution is -2.55. The highest BCUT2D eigenvalue weighted by Gasteiger charge is 2.32. The van der Waals surface area contributed by atoms with Gasteiger partial charge in [-0.2, -0.15) is 0 Å². The number of hydrogen-bond donors (Lipinski definition) is 0. The molecule has 134 valence electrons. The number of ether oxygens (including phenoxy) is 1. The van der Waals surface area contributed by atoms with Crippen LogP contribution >= 0.6 is 11.3 Å². The molecule has 0 aliphatic carbocycles. The van der Waals surface area contributed by atoms with Gasteiger partial charge in [0.2, 0.25) is 5.91 Å². The third-order valence-electron chi connectivity index (χ3n) is 4.73. The summed E-state index contributed by atoms with van der Waals surface area (Å²) in [5.41, 5.74) is 2.10. The molecule has 0 saturated carbocycles. The Morgan fingerprint density at radius 3 is 2.64 bits per heavy atom. The number of aryl methyl sites for hydroxylation is 2. The van der Waals surface area contributed by atoms with Crippen molar-refractivity contribution in [2.45, 2.75) is 39.8 Å². The van der Waals surface area contributed by atoms with Crippen molar-refractivity contribution in [2.24, 2.45) is 0 Å². The summed E-state index contributed by atoms with van der Waals surface area (Å²) in [5.74, 6) is 0.950. The first-order valence-electron chi connectivity index (χ1n) is 8.68. The number of methoxy groups -OCH3 is 1. The molecule has 1 fully saturated rings. The summed E-state index contributed by atoms with van der Waals surface area (Å²) in [7, 11) is 1.65. The van der Waals surface area contributed by atoms with Gasteiger partial charge in [0.25, 0.3) is 0 Å². The molecule has 0 radical (unpaired) electrons. The quantitative estimate of drug-likeness (QED) is 0.822. The molecule has 0 spiro atoms. The van der Waals surface area contributed by atoms with Crippen LogP contribution in [0.4, 0.5) is 5.69 Å². The Morgan fingerprint density at radius 2 is 2.00 bits per heavy atom. The molecule has 1 amide bonds. The first kappa shape index (κ1) is 17.9. The Bertz CT molecular complexity index is 742. The highest BCUT2D eigenvalue weighted by molar-refractivity contribution is 7.11. The molecule has 1 saturated heterocycles. The third-order valence-corrected chi connectivity index (χ3v) is 5.73. The van der Waals surface area contributed by atoms with Crippen LogP contribution in [0.2, 0.25) is 0 Å². The van der Waals surface area contributed by atoms with Crippen molar-refractivity contribution < 1.29 is 9.53 Å². The first-order chi connectivity index (χ1) is 12.0. The highest BCUT2D eigenvalue weighted by Crippen LogP contribution is 2.26. The van der Waals surface area contributed by atoms with Crippen molar-refractivity contribution in [2.75, 3.05) is 25.1 Å². The van der Waals surface area contributed by atoms with Gasteiger partial charge in [-0.25, -0.2) is 4.98 Å². The molecule has 6 heteroatoms. The van der Waals surface area contributed by atoms with E-state index in [2.05, 4.69) is 16.8 Å². The van der Waals surface area contributed by atoms with Crippen LogP contribution in [0.3, 0.4) is 0 Å². The van der Waals surface area contributed by atoms with Gasteiger partial charge in [0.1, 0.15) is 5.75 Å². The SMILES string of the molecule is CCc1nc(C)sc1CN1CCN(c2ccc(OC)cc2)C(=O)C1C. The second-order valence-corrected chi connectivity index (χ2v) is 7.58. The summed E-state index contributed by atoms with van der Waals surface area (Å²) in [6.07, 6.45) is 0.938. The van der Waals surface area contributed by atoms with Gasteiger partial charge in [-0.05, 0) is 44.5 Å². The summed E-state index contributed by atoms with van der Waals surface area (Å²) in [5, 5.41) is 1.10. The Labute approximate surface area is 153 Å². The number of anilines is 1. The van der Waals surface area contributed by atoms with Crippen molar-refractivity contribution in [3.05, 3.63) is 39.8 Å². The minimum Gasteiger partial charge on any atom is -0.497 e. The maximum absolute atomic E-state index is 12.9. The van der Waals surface area contributed by atoms with Crippen molar-refractivity contribution in [3.8, 4) is 5.75 Å². The molecule has 0 N–H and O–H groups in total. The van der Waals surface area contributed by atoms with Crippen LogP contribution in [0.5, 0.6) is 5.75 Å². The van der Waals surface area contributed by atoms with Gasteiger partial charge in [-0.15, -0.1) is 11.3 Å². The van der Waals surface area contributed by atoms with Crippen LogP contribution in [-0.4, -0.2) is 42.0 Å². The Kier molecular flexibility index (Phi) is 5.39. The van der Waals surface area contributed by atoms with Crippen LogP contribution in [0.1, 0.15) is 29.4 Å². The minimum absolute atomic E-state index is 0.136. The van der Waals surface area contributed by atoms with E-state index in [1.807, 2.05) is 43.0 Å². The molecule has 0 bridgehead atoms. The fourth-order valence-electron chi connectivity index (χ4n) is 3.25. The Hall–Kier alpha value is -1.92. The predicted octanol–water partition coefficient (Wildman–Crippen LogP) is 3.26. The normalized spacial score (nSPS) is 18.6. The number of piperazine rings is 1. The van der Waals surface area contributed by atoms with E-state index in [9.17, 15) is 4.79 Å². The molecule has 1 atom stereocenters. The molecule has 25 heavy (non-hydrogen) atoms. The summed E-state index contributed by atoms with van der Waals surface area (Å²) >= 11 is 1.75. The number of carbonyl (C=O) groups excluding carboxylic acids is 1. The molecule has 3 rings (SSSR count). The zero-order valence-corrected chi connectivity index (χ0v) is 16.1. The minimum atomic E-state index is -0.136. The number of rotatable bonds is 5. The van der Waals surface area contributed by atoms with Crippen molar-refractivity contribution in [1.82, 2.24) is 9.88 Å². The smallest absolute Gasteiger partial charge is 0.244 e. The summed E-state index contributed by atoms with van der Waals surface area (Å²) in [6.45, 7) is 8.54. The highest BCUT2D eigenvalue weighted by atomic mass is 32.1. The number of nitrogens with zero attached hydrogens (tertiary/aromatic N) is 3. The largest absolute Gasteiger partial charge is 0.497 e. The number of hydrogen-bond acceptors (Lipinski definition) is 5. The van der Waals surface area contributed by atoms with Crippen LogP contribution in [0, 0.1) is 6.92 Å². The number of aromatic nitrogens is 1. The predicted molar refractivity (Wildman–Crippen MR) is 101 cm³/mol. The molecule has 2 aromatic rings. The fourth-order valence-corrected chi connectivity index (χ4v) is 4.30. The summed E-state index contributed by atoms with van der Waals surface area (Å²) < 4.78 is 5.20. The average Bonchev–Trinajstić information content (AvgIpc) is 2.99. The van der Waals surface area contributed by atoms with Crippen molar-refractivity contribution >= 4 is 22.9 Å². The molecular formula is C19H25N3O2S. The van der Waals surface area contributed by atoms with E-state index in [-0.39, 0.29) is 11.9 Å². The molecule has 1 aromatic heterocycles. The van der Waals surface area contributed by atoms with Gasteiger partial charge in [-0.1, -0.05) is 6.92 Å². The standard InChI is InChI=1S/C19H25N3O2S/c1-5-17-18(25-14(3)20-17)12-21-10-11-22(19(23)13(21)2)15-6-8-16(24-4)9-7-15/h6-9,13H,5,10-12H2,1-4H3. The van der Waals surface area contributed by atoms with E-state index >= 15 is 0 Å². The van der Waals surface area contributed by atoms with E-state index in [0.29, 0.717) is 6.54 Å². The second-order valence-electron chi connectivity index (χ2n) is 6.29. The monoisotopic (exact) mass is 359 g/mol. The lowest BCUT2D eigenvalue weighted by Gasteiger charge is -2.39. The number of amides is 1. The van der Waals surface area contributed by atoms with Crippen molar-refractivity contribution in [1.29, 1.82) is 0 Å². The number of thiazole rings is 1. The Morgan fingerprint density at radius 1 is 1.28 bits per heavy atom. The van der Waals surface area contributed by atoms with E-state index in [1.54, 1.807) is 18.4 Å². The maximum atomic E-state index is 12.9. The van der Waals surface area contributed by atoms with Gasteiger partial charge in [0.15, 0.2) is 0 Å². The van der Waals surface area contributed by atoms with E-state index in [1.165, 1.54) is 10.6 Å². The second kappa shape index (κ2) is 7.54. The molecule has 5 nitrogen and oxygen atoms in total. The molecule has 1 aliphatic rings. The third kappa shape index (κ3) is 3.70. The van der Waals surface area contributed by atoms with Crippen LogP contribution in [0.15, 0.2) is 24.3 Å². The zero-order valence-electron chi connectivity index (χ0n) is 15.3. The zero-order chi connectivity index (χ0) is 18.0. The molecule has 1 unspecified atom stereocenters. The van der Waals surface area contributed by atoms with Crippen molar-refractivity contribution in [3.63, 3.8) is 0 Å². The van der Waals surface area contributed by atoms with Gasteiger partial charge in [0, 0.05) is 30.2 Å². The maximum Gasteiger partial charge on any atom is 0.244 e. The van der Waals surface area contributed by atoms with E-state index in [4.69, 9.17) is 4.74 Å². The topological polar surface area (TPSA) is 45.7 Å². The van der Waals surface area contributed by atoms with Gasteiger partial charge in [0.05, 0.1) is 23.9 Å². The molecular weight excluding hydrogens is 334 g/mol. The van der Waals surface area contributed by atoms with Crippen LogP contribution in [-0.2, 0) is 17.8 Å². The number of carbonyl (C=O) groups is 1. The number of benzene rings is 1. The van der Waals surface area contributed by atoms with Gasteiger partial charge < -0.3 is 9.64 Å². The van der Waals surface area contributed by atoms with Crippen LogP contribution < -0.4 is 9.64 Å². The first-order valence-corrected chi connectivity index (χ1v) is 9.49. The summed E-state index contributed by atoms with van der Waals surface area (Å²) in [4.78, 5) is 22.9. The lowest BCUT2D eigenvalue weighted by atomic mass is 10.1. The Balaban J connectivity index is 1.72. The lowest BCUT2D eigenvalue weighted by molar-refractivity contribution is -0.125. The molecule has 1 aromatic carbocycles. The van der Waals surface area contributed by atoms with Gasteiger partial charge >= 0.3 is 0 Å². The molecule has 1 aliphatic heterocycles. The van der Waals surface area contributed by atoms with E-state index < -0.39 is 0 Å². The summed E-state index contributed by atoms with van der Waals surface area (Å²) in [6, 6.07) is 7.55.